The number of hydrogen-bond acceptors (Lipinski definition) is 2. The number of para-hydroxylation sites is 1. The number of benzene rings is 2. The summed E-state index contributed by atoms with van der Waals surface area (Å²) in [6.45, 7) is 0. The second-order valence-electron chi connectivity index (χ2n) is 5.81. The number of carboxylic acid groups (broad SMARTS) is 1. The molecular weight excluding hydrogens is 295 g/mol. The van der Waals surface area contributed by atoms with Crippen LogP contribution in [0.4, 0.5) is 4.39 Å². The minimum atomic E-state index is -0.881. The van der Waals surface area contributed by atoms with Crippen LogP contribution >= 0.6 is 0 Å². The van der Waals surface area contributed by atoms with Crippen molar-refractivity contribution in [3.05, 3.63) is 71.2 Å². The number of aliphatic carboxylic acids is 1. The maximum absolute atomic E-state index is 13.2. The average molecular weight is 310 g/mol. The molecule has 2 aromatic carbocycles. The predicted octanol–water partition coefficient (Wildman–Crippen LogP) is 3.00. The number of hydrogen-bond donors (Lipinski definition) is 3. The smallest absolute Gasteiger partial charge is 0.321 e. The quantitative estimate of drug-likeness (QED) is 0.682. The lowest BCUT2D eigenvalue weighted by Gasteiger charge is -2.29. The van der Waals surface area contributed by atoms with Gasteiger partial charge in [-0.15, -0.1) is 0 Å². The van der Waals surface area contributed by atoms with Crippen LogP contribution < -0.4 is 5.32 Å². The zero-order valence-electron chi connectivity index (χ0n) is 12.2. The van der Waals surface area contributed by atoms with Crippen LogP contribution in [0.5, 0.6) is 0 Å². The van der Waals surface area contributed by atoms with Crippen molar-refractivity contribution in [2.75, 3.05) is 0 Å². The first-order chi connectivity index (χ1) is 11.1. The molecule has 4 nitrogen and oxygen atoms in total. The molecule has 1 aliphatic heterocycles. The fraction of sp³-hybridized carbons (Fsp3) is 0.167. The van der Waals surface area contributed by atoms with Crippen molar-refractivity contribution < 1.29 is 14.3 Å². The zero-order valence-corrected chi connectivity index (χ0v) is 12.2. The van der Waals surface area contributed by atoms with E-state index in [1.807, 2.05) is 24.3 Å². The standard InChI is InChI=1S/C18H15FN2O2/c19-11-7-5-10(6-8-11)16-17-13(9-15(21-16)18(22)23)12-3-1-2-4-14(12)20-17/h1-8,15-16,20-21H,9H2,(H,22,23)/t15-,16-/m1/s1. The summed E-state index contributed by atoms with van der Waals surface area (Å²) in [4.78, 5) is 14.9. The van der Waals surface area contributed by atoms with Gasteiger partial charge in [-0.25, -0.2) is 4.39 Å². The summed E-state index contributed by atoms with van der Waals surface area (Å²) in [5.41, 5.74) is 3.79. The van der Waals surface area contributed by atoms with Gasteiger partial charge in [-0.05, 0) is 29.3 Å². The molecule has 3 aromatic rings. The van der Waals surface area contributed by atoms with Crippen molar-refractivity contribution in [2.24, 2.45) is 0 Å². The van der Waals surface area contributed by atoms with E-state index in [0.29, 0.717) is 6.42 Å². The van der Waals surface area contributed by atoms with Crippen molar-refractivity contribution in [3.63, 3.8) is 0 Å². The second-order valence-corrected chi connectivity index (χ2v) is 5.81. The molecule has 0 spiro atoms. The maximum Gasteiger partial charge on any atom is 0.321 e. The van der Waals surface area contributed by atoms with E-state index in [9.17, 15) is 14.3 Å². The lowest BCUT2D eigenvalue weighted by molar-refractivity contribution is -0.139. The summed E-state index contributed by atoms with van der Waals surface area (Å²) < 4.78 is 13.2. The van der Waals surface area contributed by atoms with Crippen LogP contribution in [0.3, 0.4) is 0 Å². The highest BCUT2D eigenvalue weighted by atomic mass is 19.1. The van der Waals surface area contributed by atoms with Crippen molar-refractivity contribution in [2.45, 2.75) is 18.5 Å². The number of carbonyl (C=O) groups is 1. The molecule has 0 radical (unpaired) electrons. The van der Waals surface area contributed by atoms with Gasteiger partial charge in [0.1, 0.15) is 11.9 Å². The number of H-pyrrole nitrogens is 1. The number of rotatable bonds is 2. The largest absolute Gasteiger partial charge is 0.480 e. The molecule has 0 unspecified atom stereocenters. The molecule has 3 N–H and O–H groups in total. The van der Waals surface area contributed by atoms with E-state index in [2.05, 4.69) is 10.3 Å². The summed E-state index contributed by atoms with van der Waals surface area (Å²) >= 11 is 0. The number of aromatic amines is 1. The van der Waals surface area contributed by atoms with Gasteiger partial charge in [-0.3, -0.25) is 10.1 Å². The van der Waals surface area contributed by atoms with Gasteiger partial charge < -0.3 is 10.1 Å². The van der Waals surface area contributed by atoms with E-state index in [1.165, 1.54) is 12.1 Å². The first-order valence-corrected chi connectivity index (χ1v) is 7.47. The number of halogens is 1. The molecule has 0 amide bonds. The van der Waals surface area contributed by atoms with Gasteiger partial charge in [0.05, 0.1) is 6.04 Å². The SMILES string of the molecule is O=C(O)[C@H]1Cc2c([nH]c3ccccc23)[C@@H](c2ccc(F)cc2)N1. The maximum atomic E-state index is 13.2. The van der Waals surface area contributed by atoms with Gasteiger partial charge in [-0.1, -0.05) is 30.3 Å². The minimum Gasteiger partial charge on any atom is -0.480 e. The molecule has 116 valence electrons. The lowest BCUT2D eigenvalue weighted by Crippen LogP contribution is -2.44. The normalized spacial score (nSPS) is 20.4. The molecule has 0 bridgehead atoms. The van der Waals surface area contributed by atoms with Crippen LogP contribution in [-0.4, -0.2) is 22.1 Å². The lowest BCUT2D eigenvalue weighted by atomic mass is 9.90. The van der Waals surface area contributed by atoms with E-state index in [-0.39, 0.29) is 11.9 Å². The third-order valence-electron chi connectivity index (χ3n) is 4.41. The van der Waals surface area contributed by atoms with E-state index in [0.717, 1.165) is 27.7 Å². The van der Waals surface area contributed by atoms with Crippen LogP contribution in [0.1, 0.15) is 22.9 Å². The Kier molecular flexibility index (Phi) is 3.16. The number of aromatic nitrogens is 1. The number of carboxylic acids is 1. The fourth-order valence-electron chi connectivity index (χ4n) is 3.31. The summed E-state index contributed by atoms with van der Waals surface area (Å²) in [5, 5.41) is 13.6. The Morgan fingerprint density at radius 3 is 2.61 bits per heavy atom. The van der Waals surface area contributed by atoms with Gasteiger partial charge >= 0.3 is 5.97 Å². The van der Waals surface area contributed by atoms with Crippen molar-refractivity contribution in [3.8, 4) is 0 Å². The topological polar surface area (TPSA) is 65.1 Å². The molecule has 0 saturated heterocycles. The highest BCUT2D eigenvalue weighted by Crippen LogP contribution is 2.35. The monoisotopic (exact) mass is 310 g/mol. The number of fused-ring (bicyclic) bond motifs is 3. The van der Waals surface area contributed by atoms with Gasteiger partial charge in [0, 0.05) is 23.0 Å². The van der Waals surface area contributed by atoms with Gasteiger partial charge in [-0.2, -0.15) is 0 Å². The molecule has 2 atom stereocenters. The Morgan fingerprint density at radius 2 is 1.87 bits per heavy atom. The first-order valence-electron chi connectivity index (χ1n) is 7.47. The number of nitrogens with one attached hydrogen (secondary N) is 2. The van der Waals surface area contributed by atoms with Crippen molar-refractivity contribution >= 4 is 16.9 Å². The third kappa shape index (κ3) is 2.29. The average Bonchev–Trinajstić information content (AvgIpc) is 2.93. The molecule has 5 heteroatoms. The van der Waals surface area contributed by atoms with Crippen LogP contribution in [0.15, 0.2) is 48.5 Å². The van der Waals surface area contributed by atoms with Crippen LogP contribution in [0.2, 0.25) is 0 Å². The molecule has 0 saturated carbocycles. The molecule has 2 heterocycles. The second kappa shape index (κ2) is 5.21. The zero-order chi connectivity index (χ0) is 16.0. The Balaban J connectivity index is 1.89. The Bertz CT molecular complexity index is 886. The van der Waals surface area contributed by atoms with E-state index >= 15 is 0 Å². The molecule has 0 fully saturated rings. The Labute approximate surface area is 132 Å². The third-order valence-corrected chi connectivity index (χ3v) is 4.41. The summed E-state index contributed by atoms with van der Waals surface area (Å²) in [6, 6.07) is 13.1. The predicted molar refractivity (Wildman–Crippen MR) is 84.8 cm³/mol. The fourth-order valence-corrected chi connectivity index (χ4v) is 3.31. The highest BCUT2D eigenvalue weighted by Gasteiger charge is 2.33. The van der Waals surface area contributed by atoms with Gasteiger partial charge in [0.2, 0.25) is 0 Å². The van der Waals surface area contributed by atoms with E-state index in [4.69, 9.17) is 0 Å². The summed E-state index contributed by atoms with van der Waals surface area (Å²) in [5.74, 6) is -1.19. The molecule has 1 aromatic heterocycles. The van der Waals surface area contributed by atoms with E-state index < -0.39 is 12.0 Å². The van der Waals surface area contributed by atoms with Crippen LogP contribution in [-0.2, 0) is 11.2 Å². The summed E-state index contributed by atoms with van der Waals surface area (Å²) in [7, 11) is 0. The molecule has 4 rings (SSSR count). The Hall–Kier alpha value is -2.66. The minimum absolute atomic E-state index is 0.298. The Morgan fingerprint density at radius 1 is 1.13 bits per heavy atom. The molecule has 23 heavy (non-hydrogen) atoms. The van der Waals surface area contributed by atoms with Gasteiger partial charge in [0.15, 0.2) is 0 Å². The van der Waals surface area contributed by atoms with Crippen molar-refractivity contribution in [1.82, 2.24) is 10.3 Å². The highest BCUT2D eigenvalue weighted by molar-refractivity contribution is 5.87. The molecule has 0 aliphatic carbocycles. The van der Waals surface area contributed by atoms with Crippen LogP contribution in [0.25, 0.3) is 10.9 Å². The first kappa shape index (κ1) is 14.0. The van der Waals surface area contributed by atoms with Gasteiger partial charge in [0.25, 0.3) is 0 Å². The molecule has 1 aliphatic rings. The van der Waals surface area contributed by atoms with E-state index in [1.54, 1.807) is 12.1 Å². The molecular formula is C18H15FN2O2. The summed E-state index contributed by atoms with van der Waals surface area (Å²) in [6.07, 6.45) is 0.423. The van der Waals surface area contributed by atoms with Crippen LogP contribution in [0, 0.1) is 5.82 Å². The van der Waals surface area contributed by atoms with Crippen molar-refractivity contribution in [1.29, 1.82) is 0 Å².